The van der Waals surface area contributed by atoms with E-state index in [-0.39, 0.29) is 19.0 Å². The molecule has 9 heteroatoms. The third-order valence-corrected chi connectivity index (χ3v) is 4.90. The number of carbonyl (C=O) groups is 2. The molecule has 1 aromatic heterocycles. The first-order chi connectivity index (χ1) is 11.3. The van der Waals surface area contributed by atoms with Crippen LogP contribution in [0.5, 0.6) is 0 Å². The molecule has 2 atom stereocenters. The summed E-state index contributed by atoms with van der Waals surface area (Å²) in [5.41, 5.74) is 1.71. The molecule has 0 radical (unpaired) electrons. The van der Waals surface area contributed by atoms with Crippen LogP contribution in [0.4, 0.5) is 0 Å². The summed E-state index contributed by atoms with van der Waals surface area (Å²) < 4.78 is 16.9. The first-order valence-corrected chi connectivity index (χ1v) is 9.04. The van der Waals surface area contributed by atoms with Crippen molar-refractivity contribution in [3.63, 3.8) is 0 Å². The second kappa shape index (κ2) is 7.61. The number of hydrogen-bond acceptors (Lipinski definition) is 4. The van der Waals surface area contributed by atoms with E-state index in [0.29, 0.717) is 0 Å². The molecule has 24 heavy (non-hydrogen) atoms. The molecule has 0 aliphatic rings. The van der Waals surface area contributed by atoms with Crippen LogP contribution in [0.15, 0.2) is 30.5 Å². The highest BCUT2D eigenvalue weighted by molar-refractivity contribution is 7.52. The van der Waals surface area contributed by atoms with Crippen molar-refractivity contribution >= 4 is 30.4 Å². The standard InChI is InChI=1S/C15H18NO7P/c17-14(18)6-5-13(15(19)20)23-24(21,22)8-7-10-9-16-12-4-2-1-3-11(10)12/h1-4,9,13,16H,5-8H2,(H,17,18)(H,19,20)(H,21,22). The summed E-state index contributed by atoms with van der Waals surface area (Å²) in [6.07, 6.45) is -0.764. The number of carboxylic acids is 2. The average molecular weight is 355 g/mol. The number of fused-ring (bicyclic) bond motifs is 1. The highest BCUT2D eigenvalue weighted by Gasteiger charge is 2.30. The average Bonchev–Trinajstić information content (AvgIpc) is 2.92. The molecule has 0 spiro atoms. The van der Waals surface area contributed by atoms with E-state index < -0.39 is 32.1 Å². The lowest BCUT2D eigenvalue weighted by molar-refractivity contribution is -0.146. The Morgan fingerprint density at radius 3 is 2.62 bits per heavy atom. The molecule has 0 fully saturated rings. The monoisotopic (exact) mass is 355 g/mol. The normalized spacial score (nSPS) is 15.0. The number of carboxylic acid groups (broad SMARTS) is 2. The van der Waals surface area contributed by atoms with Crippen molar-refractivity contribution in [1.29, 1.82) is 0 Å². The Hall–Kier alpha value is -2.15. The molecule has 0 saturated heterocycles. The molecule has 2 unspecified atom stereocenters. The van der Waals surface area contributed by atoms with Crippen LogP contribution in [0.2, 0.25) is 0 Å². The Morgan fingerprint density at radius 2 is 1.96 bits per heavy atom. The van der Waals surface area contributed by atoms with Crippen LogP contribution in [0.3, 0.4) is 0 Å². The minimum Gasteiger partial charge on any atom is -0.481 e. The molecule has 0 aliphatic heterocycles. The Labute approximate surface area is 137 Å². The number of hydrogen-bond donors (Lipinski definition) is 4. The highest BCUT2D eigenvalue weighted by Crippen LogP contribution is 2.44. The molecule has 2 aromatic rings. The third-order valence-electron chi connectivity index (χ3n) is 3.53. The first kappa shape index (κ1) is 18.2. The first-order valence-electron chi connectivity index (χ1n) is 7.28. The van der Waals surface area contributed by atoms with E-state index in [0.717, 1.165) is 16.5 Å². The van der Waals surface area contributed by atoms with Gasteiger partial charge in [0, 0.05) is 23.5 Å². The quantitative estimate of drug-likeness (QED) is 0.506. The summed E-state index contributed by atoms with van der Waals surface area (Å²) in [6.45, 7) is 0. The van der Waals surface area contributed by atoms with Gasteiger partial charge >= 0.3 is 19.5 Å². The van der Waals surface area contributed by atoms with Gasteiger partial charge in [-0.2, -0.15) is 0 Å². The number of rotatable bonds is 9. The third kappa shape index (κ3) is 4.92. The summed E-state index contributed by atoms with van der Waals surface area (Å²) in [7, 11) is -4.17. The second-order valence-corrected chi connectivity index (χ2v) is 7.27. The topological polar surface area (TPSA) is 137 Å². The van der Waals surface area contributed by atoms with Crippen LogP contribution in [0.1, 0.15) is 18.4 Å². The van der Waals surface area contributed by atoms with Gasteiger partial charge in [-0.1, -0.05) is 18.2 Å². The van der Waals surface area contributed by atoms with E-state index in [2.05, 4.69) is 4.98 Å². The fourth-order valence-corrected chi connectivity index (χ4v) is 3.55. The minimum atomic E-state index is -4.17. The Morgan fingerprint density at radius 1 is 1.25 bits per heavy atom. The van der Waals surface area contributed by atoms with Gasteiger partial charge in [0.05, 0.1) is 6.16 Å². The molecule has 1 heterocycles. The molecule has 4 N–H and O–H groups in total. The minimum absolute atomic E-state index is 0.225. The largest absolute Gasteiger partial charge is 0.481 e. The van der Waals surface area contributed by atoms with Crippen molar-refractivity contribution in [2.24, 2.45) is 0 Å². The molecule has 0 amide bonds. The van der Waals surface area contributed by atoms with Gasteiger partial charge in [-0.05, 0) is 24.5 Å². The molecule has 130 valence electrons. The fraction of sp³-hybridized carbons (Fsp3) is 0.333. The Bertz CT molecular complexity index is 785. The van der Waals surface area contributed by atoms with E-state index in [1.54, 1.807) is 6.20 Å². The number of para-hydroxylation sites is 1. The van der Waals surface area contributed by atoms with Crippen LogP contribution in [-0.4, -0.2) is 44.3 Å². The van der Waals surface area contributed by atoms with Crippen LogP contribution >= 0.6 is 7.60 Å². The summed E-state index contributed by atoms with van der Waals surface area (Å²) in [6, 6.07) is 7.46. The van der Waals surface area contributed by atoms with Gasteiger partial charge in [0.15, 0.2) is 6.10 Å². The van der Waals surface area contributed by atoms with Gasteiger partial charge in [0.1, 0.15) is 0 Å². The number of H-pyrrole nitrogens is 1. The van der Waals surface area contributed by atoms with Crippen molar-refractivity contribution in [3.05, 3.63) is 36.0 Å². The maximum absolute atomic E-state index is 12.1. The molecular weight excluding hydrogens is 337 g/mol. The molecule has 2 rings (SSSR count). The van der Waals surface area contributed by atoms with Gasteiger partial charge in [0.25, 0.3) is 0 Å². The van der Waals surface area contributed by atoms with Crippen molar-refractivity contribution in [1.82, 2.24) is 4.98 Å². The van der Waals surface area contributed by atoms with Crippen LogP contribution in [-0.2, 0) is 25.1 Å². The van der Waals surface area contributed by atoms with E-state index >= 15 is 0 Å². The predicted octanol–water partition coefficient (Wildman–Crippen LogP) is 2.23. The number of aromatic nitrogens is 1. The van der Waals surface area contributed by atoms with E-state index in [4.69, 9.17) is 14.7 Å². The van der Waals surface area contributed by atoms with Crippen molar-refractivity contribution in [2.45, 2.75) is 25.4 Å². The lowest BCUT2D eigenvalue weighted by Crippen LogP contribution is -2.24. The maximum atomic E-state index is 12.1. The summed E-state index contributed by atoms with van der Waals surface area (Å²) in [4.78, 5) is 34.5. The summed E-state index contributed by atoms with van der Waals surface area (Å²) in [5.74, 6) is -2.66. The molecular formula is C15H18NO7P. The highest BCUT2D eigenvalue weighted by atomic mass is 31.2. The lowest BCUT2D eigenvalue weighted by Gasteiger charge is -2.17. The Balaban J connectivity index is 2.00. The van der Waals surface area contributed by atoms with Gasteiger partial charge in [-0.15, -0.1) is 0 Å². The number of nitrogens with one attached hydrogen (secondary N) is 1. The van der Waals surface area contributed by atoms with E-state index in [1.165, 1.54) is 0 Å². The summed E-state index contributed by atoms with van der Waals surface area (Å²) in [5, 5.41) is 18.5. The molecule has 0 aliphatic carbocycles. The van der Waals surface area contributed by atoms with Crippen molar-refractivity contribution < 1.29 is 33.8 Å². The number of aromatic amines is 1. The lowest BCUT2D eigenvalue weighted by atomic mass is 10.1. The van der Waals surface area contributed by atoms with E-state index in [9.17, 15) is 19.0 Å². The predicted molar refractivity (Wildman–Crippen MR) is 86.1 cm³/mol. The van der Waals surface area contributed by atoms with E-state index in [1.807, 2.05) is 24.3 Å². The van der Waals surface area contributed by atoms with Gasteiger partial charge in [-0.25, -0.2) is 4.79 Å². The van der Waals surface area contributed by atoms with Crippen LogP contribution in [0.25, 0.3) is 10.9 Å². The van der Waals surface area contributed by atoms with Gasteiger partial charge in [0.2, 0.25) is 0 Å². The molecule has 0 saturated carbocycles. The second-order valence-electron chi connectivity index (χ2n) is 5.34. The molecule has 1 aromatic carbocycles. The molecule has 0 bridgehead atoms. The van der Waals surface area contributed by atoms with Gasteiger partial charge in [-0.3, -0.25) is 13.9 Å². The zero-order valence-corrected chi connectivity index (χ0v) is 13.6. The van der Waals surface area contributed by atoms with Crippen LogP contribution in [0, 0.1) is 0 Å². The zero-order valence-electron chi connectivity index (χ0n) is 12.7. The SMILES string of the molecule is O=C(O)CCC(OP(=O)(O)CCc1c[nH]c2ccccc12)C(=O)O. The number of aliphatic carboxylic acids is 2. The fourth-order valence-electron chi connectivity index (χ4n) is 2.33. The number of aryl methyl sites for hydroxylation is 1. The smallest absolute Gasteiger partial charge is 0.333 e. The molecule has 8 nitrogen and oxygen atoms in total. The van der Waals surface area contributed by atoms with Gasteiger partial charge < -0.3 is 20.1 Å². The van der Waals surface area contributed by atoms with Crippen LogP contribution < -0.4 is 0 Å². The Kier molecular flexibility index (Phi) is 5.77. The maximum Gasteiger partial charge on any atom is 0.333 e. The van der Waals surface area contributed by atoms with Crippen molar-refractivity contribution in [2.75, 3.05) is 6.16 Å². The zero-order chi connectivity index (χ0) is 17.7. The van der Waals surface area contributed by atoms with Crippen molar-refractivity contribution in [3.8, 4) is 0 Å². The number of benzene rings is 1. The summed E-state index contributed by atoms with van der Waals surface area (Å²) >= 11 is 0.